The van der Waals surface area contributed by atoms with Gasteiger partial charge in [0.2, 0.25) is 5.90 Å². The highest BCUT2D eigenvalue weighted by Crippen LogP contribution is 2.27. The maximum atomic E-state index is 12.2. The Labute approximate surface area is 179 Å². The summed E-state index contributed by atoms with van der Waals surface area (Å²) in [5.74, 6) is 0.650. The zero-order valence-corrected chi connectivity index (χ0v) is 17.2. The first kappa shape index (κ1) is 19.1. The zero-order chi connectivity index (χ0) is 20.5. The number of aliphatic imine (C=N–C) groups is 1. The summed E-state index contributed by atoms with van der Waals surface area (Å²) in [5, 5.41) is 10.8. The molecule has 0 unspecified atom stereocenters. The van der Waals surface area contributed by atoms with Crippen molar-refractivity contribution in [3.63, 3.8) is 0 Å². The van der Waals surface area contributed by atoms with Gasteiger partial charge in [-0.15, -0.1) is 0 Å². The quantitative estimate of drug-likeness (QED) is 0.163. The summed E-state index contributed by atoms with van der Waals surface area (Å²) in [5.41, 5.74) is 2.63. The first-order valence-corrected chi connectivity index (χ1v) is 9.62. The predicted octanol–water partition coefficient (Wildman–Crippen LogP) is 5.11. The third-order valence-electron chi connectivity index (χ3n) is 4.29. The van der Waals surface area contributed by atoms with Crippen molar-refractivity contribution < 1.29 is 18.9 Å². The van der Waals surface area contributed by atoms with Gasteiger partial charge in [-0.1, -0.05) is 0 Å². The van der Waals surface area contributed by atoms with Gasteiger partial charge in [-0.3, -0.25) is 10.1 Å². The highest BCUT2D eigenvalue weighted by Gasteiger charge is 2.25. The maximum Gasteiger partial charge on any atom is 0.363 e. The number of halogens is 1. The van der Waals surface area contributed by atoms with E-state index in [1.807, 2.05) is 25.1 Å². The van der Waals surface area contributed by atoms with E-state index in [1.165, 1.54) is 18.2 Å². The summed E-state index contributed by atoms with van der Waals surface area (Å²) < 4.78 is 12.1. The summed E-state index contributed by atoms with van der Waals surface area (Å²) in [6.45, 7) is 1.97. The lowest BCUT2D eigenvalue weighted by molar-refractivity contribution is -0.384. The number of hydrogen-bond donors (Lipinski definition) is 0. The number of non-ortho nitro benzene ring substituents is 1. The Morgan fingerprint density at radius 3 is 2.48 bits per heavy atom. The summed E-state index contributed by atoms with van der Waals surface area (Å²) in [7, 11) is 0. The second kappa shape index (κ2) is 7.63. The second-order valence-corrected chi connectivity index (χ2v) is 7.47. The normalized spacial score (nSPS) is 14.8. The summed E-state index contributed by atoms with van der Waals surface area (Å²) >= 11 is 2.23. The van der Waals surface area contributed by atoms with Crippen molar-refractivity contribution in [2.45, 2.75) is 6.92 Å². The number of nitro groups is 1. The van der Waals surface area contributed by atoms with Gasteiger partial charge in [0, 0.05) is 32.9 Å². The number of hydrogen-bond acceptors (Lipinski definition) is 6. The van der Waals surface area contributed by atoms with Gasteiger partial charge in [-0.2, -0.15) is 0 Å². The molecule has 4 rings (SSSR count). The minimum Gasteiger partial charge on any atom is -0.457 e. The van der Waals surface area contributed by atoms with Crippen LogP contribution in [0.15, 0.2) is 69.7 Å². The number of nitrogens with zero attached hydrogens (tertiary/aromatic N) is 2. The van der Waals surface area contributed by atoms with E-state index in [4.69, 9.17) is 9.15 Å². The van der Waals surface area contributed by atoms with E-state index < -0.39 is 10.9 Å². The Kier molecular flexibility index (Phi) is 5.01. The number of aryl methyl sites for hydroxylation is 1. The second-order valence-electron chi connectivity index (χ2n) is 6.31. The van der Waals surface area contributed by atoms with Crippen LogP contribution in [0.2, 0.25) is 0 Å². The van der Waals surface area contributed by atoms with Crippen molar-refractivity contribution in [2.24, 2.45) is 4.99 Å². The van der Waals surface area contributed by atoms with E-state index in [1.54, 1.807) is 24.3 Å². The maximum absolute atomic E-state index is 12.2. The Morgan fingerprint density at radius 2 is 1.79 bits per heavy atom. The molecule has 0 spiro atoms. The van der Waals surface area contributed by atoms with Crippen LogP contribution in [0.5, 0.6) is 0 Å². The van der Waals surface area contributed by atoms with E-state index in [-0.39, 0.29) is 17.3 Å². The molecule has 0 N–H and O–H groups in total. The third kappa shape index (κ3) is 3.97. The molecular formula is C21H13IN2O5. The van der Waals surface area contributed by atoms with Crippen molar-refractivity contribution >= 4 is 46.2 Å². The number of esters is 1. The van der Waals surface area contributed by atoms with Gasteiger partial charge >= 0.3 is 5.97 Å². The van der Waals surface area contributed by atoms with Crippen molar-refractivity contribution in [2.75, 3.05) is 0 Å². The van der Waals surface area contributed by atoms with Crippen LogP contribution in [0.25, 0.3) is 17.4 Å². The fourth-order valence-corrected chi connectivity index (χ4v) is 3.11. The lowest BCUT2D eigenvalue weighted by Gasteiger charge is -2.02. The monoisotopic (exact) mass is 500 g/mol. The first-order chi connectivity index (χ1) is 13.9. The van der Waals surface area contributed by atoms with Crippen LogP contribution >= 0.6 is 22.6 Å². The van der Waals surface area contributed by atoms with Gasteiger partial charge in [0.15, 0.2) is 5.70 Å². The molecule has 7 nitrogen and oxygen atoms in total. The number of furan rings is 1. The van der Waals surface area contributed by atoms with Crippen LogP contribution in [-0.4, -0.2) is 16.8 Å². The standard InChI is InChI=1S/C21H13IN2O5/c1-12-10-14(4-8-17(12)22)20-23-18(21(25)29-20)11-16-7-9-19(28-16)13-2-5-15(6-3-13)24(26)27/h2-11H,1H3/b18-11-. The molecule has 2 heterocycles. The van der Waals surface area contributed by atoms with Gasteiger partial charge in [0.1, 0.15) is 11.5 Å². The molecule has 0 saturated heterocycles. The average Bonchev–Trinajstić information content (AvgIpc) is 3.31. The summed E-state index contributed by atoms with van der Waals surface area (Å²) in [4.78, 5) is 26.8. The molecule has 144 valence electrons. The first-order valence-electron chi connectivity index (χ1n) is 8.54. The molecule has 0 aliphatic carbocycles. The highest BCUT2D eigenvalue weighted by molar-refractivity contribution is 14.1. The van der Waals surface area contributed by atoms with Gasteiger partial charge in [-0.05, 0) is 77.5 Å². The van der Waals surface area contributed by atoms with E-state index >= 15 is 0 Å². The SMILES string of the molecule is Cc1cc(C2=N/C(=C\c3ccc(-c4ccc([N+](=O)[O-])cc4)o3)C(=O)O2)ccc1I. The van der Waals surface area contributed by atoms with Crippen LogP contribution in [0.1, 0.15) is 16.9 Å². The van der Waals surface area contributed by atoms with Gasteiger partial charge in [0.05, 0.1) is 4.92 Å². The molecule has 0 saturated carbocycles. The summed E-state index contributed by atoms with van der Waals surface area (Å²) in [6.07, 6.45) is 1.50. The minimum absolute atomic E-state index is 0.00375. The minimum atomic E-state index is -0.551. The largest absolute Gasteiger partial charge is 0.457 e. The number of benzene rings is 2. The molecule has 0 amide bonds. The van der Waals surface area contributed by atoms with Crippen molar-refractivity contribution in [1.82, 2.24) is 0 Å². The molecular weight excluding hydrogens is 487 g/mol. The van der Waals surface area contributed by atoms with Gasteiger partial charge in [0.25, 0.3) is 5.69 Å². The molecule has 1 aliphatic rings. The fourth-order valence-electron chi connectivity index (χ4n) is 2.78. The number of carbonyl (C=O) groups is 1. The molecule has 0 radical (unpaired) electrons. The molecule has 2 aromatic carbocycles. The number of ether oxygens (including phenoxy) is 1. The molecule has 1 aromatic heterocycles. The highest BCUT2D eigenvalue weighted by atomic mass is 127. The van der Waals surface area contributed by atoms with Gasteiger partial charge < -0.3 is 9.15 Å². The van der Waals surface area contributed by atoms with Crippen LogP contribution < -0.4 is 0 Å². The van der Waals surface area contributed by atoms with Crippen LogP contribution in [0.3, 0.4) is 0 Å². The lowest BCUT2D eigenvalue weighted by Crippen LogP contribution is -2.05. The van der Waals surface area contributed by atoms with Crippen LogP contribution in [0, 0.1) is 20.6 Å². The lowest BCUT2D eigenvalue weighted by atomic mass is 10.1. The molecule has 0 bridgehead atoms. The smallest absolute Gasteiger partial charge is 0.363 e. The fraction of sp³-hybridized carbons (Fsp3) is 0.0476. The predicted molar refractivity (Wildman–Crippen MR) is 115 cm³/mol. The van der Waals surface area contributed by atoms with Gasteiger partial charge in [-0.25, -0.2) is 9.79 Å². The van der Waals surface area contributed by atoms with Crippen molar-refractivity contribution in [1.29, 1.82) is 0 Å². The van der Waals surface area contributed by atoms with Crippen LogP contribution in [0.4, 0.5) is 5.69 Å². The molecule has 1 aliphatic heterocycles. The summed E-state index contributed by atoms with van der Waals surface area (Å²) in [6, 6.07) is 15.1. The topological polar surface area (TPSA) is 94.9 Å². The van der Waals surface area contributed by atoms with Crippen LogP contribution in [-0.2, 0) is 9.53 Å². The molecule has 0 fully saturated rings. The zero-order valence-electron chi connectivity index (χ0n) is 15.1. The Morgan fingerprint density at radius 1 is 1.07 bits per heavy atom. The number of cyclic esters (lactones) is 1. The molecule has 0 atom stereocenters. The van der Waals surface area contributed by atoms with Crippen molar-refractivity contribution in [3.8, 4) is 11.3 Å². The Balaban J connectivity index is 1.59. The van der Waals surface area contributed by atoms with Crippen molar-refractivity contribution in [3.05, 3.63) is 90.9 Å². The van der Waals surface area contributed by atoms with E-state index in [0.717, 1.165) is 14.7 Å². The number of nitro benzene ring substituents is 1. The number of rotatable bonds is 4. The third-order valence-corrected chi connectivity index (χ3v) is 5.50. The van der Waals surface area contributed by atoms with E-state index in [0.29, 0.717) is 17.1 Å². The molecule has 29 heavy (non-hydrogen) atoms. The Bertz CT molecular complexity index is 1190. The molecule has 3 aromatic rings. The number of carbonyl (C=O) groups excluding carboxylic acids is 1. The Hall–Kier alpha value is -3.27. The van der Waals surface area contributed by atoms with E-state index in [2.05, 4.69) is 27.6 Å². The molecule has 8 heteroatoms. The van der Waals surface area contributed by atoms with E-state index in [9.17, 15) is 14.9 Å². The average molecular weight is 500 g/mol.